The minimum Gasteiger partial charge on any atom is -0.492 e. The standard InChI is InChI=1S/C16H19N5OS/c1-19-7-9-20(10-8-19)13(12-5-3-2-4-6-12)14-15(22)21-16(23-14)17-11-18-21/h2-6,11,13,22H,7-10H2,1H3/p+2/t13-/m1/s1. The molecule has 1 aliphatic rings. The topological polar surface area (TPSA) is 59.3 Å². The highest BCUT2D eigenvalue weighted by Crippen LogP contribution is 2.34. The third kappa shape index (κ3) is 2.60. The Hall–Kier alpha value is -1.96. The summed E-state index contributed by atoms with van der Waals surface area (Å²) >= 11 is 1.54. The first kappa shape index (κ1) is 14.6. The molecule has 7 heteroatoms. The van der Waals surface area contributed by atoms with Gasteiger partial charge in [0.05, 0.1) is 7.05 Å². The van der Waals surface area contributed by atoms with E-state index in [1.165, 1.54) is 32.6 Å². The second-order valence-corrected chi connectivity index (χ2v) is 7.21. The lowest BCUT2D eigenvalue weighted by atomic mass is 10.0. The molecule has 0 radical (unpaired) electrons. The fourth-order valence-electron chi connectivity index (χ4n) is 3.39. The number of rotatable bonds is 3. The lowest BCUT2D eigenvalue weighted by Crippen LogP contribution is -3.27. The van der Waals surface area contributed by atoms with Gasteiger partial charge in [-0.05, 0) is 0 Å². The molecule has 2 aromatic heterocycles. The van der Waals surface area contributed by atoms with E-state index in [0.29, 0.717) is 0 Å². The first-order chi connectivity index (χ1) is 11.2. The number of thiazole rings is 1. The number of aromatic hydroxyl groups is 1. The quantitative estimate of drug-likeness (QED) is 0.577. The van der Waals surface area contributed by atoms with Crippen LogP contribution < -0.4 is 9.80 Å². The van der Waals surface area contributed by atoms with Gasteiger partial charge in [-0.1, -0.05) is 41.7 Å². The molecule has 0 aliphatic carbocycles. The number of likely N-dealkylation sites (N-methyl/N-ethyl adjacent to an activating group) is 1. The Labute approximate surface area is 138 Å². The molecule has 0 amide bonds. The first-order valence-electron chi connectivity index (χ1n) is 7.96. The van der Waals surface area contributed by atoms with Crippen molar-refractivity contribution in [3.8, 4) is 5.88 Å². The molecule has 1 saturated heterocycles. The van der Waals surface area contributed by atoms with Crippen molar-refractivity contribution in [2.45, 2.75) is 6.04 Å². The normalized spacial score (nSPS) is 23.2. The van der Waals surface area contributed by atoms with E-state index < -0.39 is 0 Å². The molecule has 6 nitrogen and oxygen atoms in total. The van der Waals surface area contributed by atoms with E-state index in [1.807, 2.05) is 6.07 Å². The molecule has 1 aliphatic heterocycles. The first-order valence-corrected chi connectivity index (χ1v) is 8.78. The molecule has 23 heavy (non-hydrogen) atoms. The average Bonchev–Trinajstić information content (AvgIpc) is 3.15. The van der Waals surface area contributed by atoms with Crippen LogP contribution in [0.2, 0.25) is 0 Å². The molecule has 1 aromatic carbocycles. The van der Waals surface area contributed by atoms with Crippen molar-refractivity contribution >= 4 is 16.3 Å². The Morgan fingerprint density at radius 2 is 1.91 bits per heavy atom. The zero-order chi connectivity index (χ0) is 15.8. The molecular formula is C16H21N5OS+2. The van der Waals surface area contributed by atoms with Crippen molar-refractivity contribution < 1.29 is 14.9 Å². The van der Waals surface area contributed by atoms with E-state index in [1.54, 1.807) is 4.90 Å². The summed E-state index contributed by atoms with van der Waals surface area (Å²) in [4.78, 5) is 9.02. The van der Waals surface area contributed by atoms with Gasteiger partial charge in [-0.15, -0.1) is 0 Å². The van der Waals surface area contributed by atoms with E-state index in [0.717, 1.165) is 36.0 Å². The molecule has 0 unspecified atom stereocenters. The van der Waals surface area contributed by atoms with Crippen LogP contribution in [0, 0.1) is 0 Å². The SMILES string of the molecule is C[NH+]1CC[NH+]([C@H](c2ccccc2)c2sc3ncnn3c2O)CC1. The fourth-order valence-corrected chi connectivity index (χ4v) is 4.50. The van der Waals surface area contributed by atoms with Gasteiger partial charge in [-0.25, -0.2) is 4.98 Å². The monoisotopic (exact) mass is 331 g/mol. The highest BCUT2D eigenvalue weighted by molar-refractivity contribution is 7.17. The molecule has 0 saturated carbocycles. The molecular weight excluding hydrogens is 310 g/mol. The Bertz CT molecular complexity index is 791. The summed E-state index contributed by atoms with van der Waals surface area (Å²) in [5.74, 6) is 0.232. The van der Waals surface area contributed by atoms with Crippen molar-refractivity contribution in [3.63, 3.8) is 0 Å². The Kier molecular flexibility index (Phi) is 3.76. The van der Waals surface area contributed by atoms with Crippen LogP contribution in [0.15, 0.2) is 36.7 Å². The molecule has 3 aromatic rings. The third-order valence-corrected chi connectivity index (χ3v) is 5.79. The average molecular weight is 331 g/mol. The number of hydrogen-bond acceptors (Lipinski definition) is 4. The van der Waals surface area contributed by atoms with E-state index >= 15 is 0 Å². The minimum atomic E-state index is 0.137. The number of fused-ring (bicyclic) bond motifs is 1. The zero-order valence-corrected chi connectivity index (χ0v) is 13.9. The van der Waals surface area contributed by atoms with Crippen molar-refractivity contribution in [1.82, 2.24) is 14.6 Å². The maximum Gasteiger partial charge on any atom is 0.235 e. The molecule has 3 heterocycles. The molecule has 4 rings (SSSR count). The molecule has 0 spiro atoms. The van der Waals surface area contributed by atoms with Crippen LogP contribution in [0.3, 0.4) is 0 Å². The van der Waals surface area contributed by atoms with Gasteiger partial charge in [-0.2, -0.15) is 9.61 Å². The predicted octanol–water partition coefficient (Wildman–Crippen LogP) is -1.00. The number of piperazine rings is 1. The van der Waals surface area contributed by atoms with Crippen LogP contribution in [-0.4, -0.2) is 52.9 Å². The van der Waals surface area contributed by atoms with Crippen LogP contribution in [0.1, 0.15) is 16.5 Å². The predicted molar refractivity (Wildman–Crippen MR) is 88.1 cm³/mol. The van der Waals surface area contributed by atoms with Crippen LogP contribution in [-0.2, 0) is 0 Å². The summed E-state index contributed by atoms with van der Waals surface area (Å²) in [6, 6.07) is 10.6. The van der Waals surface area contributed by atoms with Gasteiger partial charge >= 0.3 is 0 Å². The molecule has 1 fully saturated rings. The minimum absolute atomic E-state index is 0.137. The fraction of sp³-hybridized carbons (Fsp3) is 0.375. The second-order valence-electron chi connectivity index (χ2n) is 6.20. The number of quaternary nitrogens is 2. The van der Waals surface area contributed by atoms with E-state index in [2.05, 4.69) is 41.4 Å². The highest BCUT2D eigenvalue weighted by atomic mass is 32.1. The lowest BCUT2D eigenvalue weighted by Gasteiger charge is -2.33. The largest absolute Gasteiger partial charge is 0.492 e. The summed E-state index contributed by atoms with van der Waals surface area (Å²) < 4.78 is 1.54. The lowest BCUT2D eigenvalue weighted by molar-refractivity contribution is -1.02. The molecule has 120 valence electrons. The van der Waals surface area contributed by atoms with Gasteiger partial charge in [0, 0.05) is 5.56 Å². The highest BCUT2D eigenvalue weighted by Gasteiger charge is 2.35. The van der Waals surface area contributed by atoms with Crippen molar-refractivity contribution in [2.24, 2.45) is 0 Å². The molecule has 0 bridgehead atoms. The molecule has 1 atom stereocenters. The summed E-state index contributed by atoms with van der Waals surface area (Å²) in [6.07, 6.45) is 1.49. The number of aromatic nitrogens is 3. The summed E-state index contributed by atoms with van der Waals surface area (Å²) in [7, 11) is 2.24. The van der Waals surface area contributed by atoms with Gasteiger partial charge < -0.3 is 14.9 Å². The maximum atomic E-state index is 10.6. The second kappa shape index (κ2) is 5.92. The van der Waals surface area contributed by atoms with E-state index in [4.69, 9.17) is 0 Å². The summed E-state index contributed by atoms with van der Waals surface area (Å²) in [6.45, 7) is 4.50. The van der Waals surface area contributed by atoms with Crippen LogP contribution >= 0.6 is 11.3 Å². The number of nitrogens with one attached hydrogen (secondary N) is 2. The molecule has 3 N–H and O–H groups in total. The van der Waals surface area contributed by atoms with Gasteiger partial charge in [0.25, 0.3) is 0 Å². The maximum absolute atomic E-state index is 10.6. The smallest absolute Gasteiger partial charge is 0.235 e. The van der Waals surface area contributed by atoms with Gasteiger partial charge in [0.1, 0.15) is 37.4 Å². The summed E-state index contributed by atoms with van der Waals surface area (Å²) in [5.41, 5.74) is 1.24. The van der Waals surface area contributed by atoms with E-state index in [9.17, 15) is 5.11 Å². The number of nitrogens with zero attached hydrogens (tertiary/aromatic N) is 3. The van der Waals surface area contributed by atoms with E-state index in [-0.39, 0.29) is 11.9 Å². The summed E-state index contributed by atoms with van der Waals surface area (Å²) in [5, 5.41) is 14.8. The Morgan fingerprint density at radius 3 is 2.61 bits per heavy atom. The van der Waals surface area contributed by atoms with Gasteiger partial charge in [0.2, 0.25) is 10.8 Å². The van der Waals surface area contributed by atoms with Crippen LogP contribution in [0.5, 0.6) is 5.88 Å². The van der Waals surface area contributed by atoms with Crippen molar-refractivity contribution in [1.29, 1.82) is 0 Å². The number of hydrogen-bond donors (Lipinski definition) is 3. The Balaban J connectivity index is 1.78. The van der Waals surface area contributed by atoms with Crippen molar-refractivity contribution in [3.05, 3.63) is 47.1 Å². The Morgan fingerprint density at radius 1 is 1.17 bits per heavy atom. The van der Waals surface area contributed by atoms with Gasteiger partial charge in [0.15, 0.2) is 6.04 Å². The van der Waals surface area contributed by atoms with Crippen LogP contribution in [0.4, 0.5) is 0 Å². The van der Waals surface area contributed by atoms with Crippen LogP contribution in [0.25, 0.3) is 4.96 Å². The zero-order valence-electron chi connectivity index (χ0n) is 13.1. The third-order valence-electron chi connectivity index (χ3n) is 4.69. The van der Waals surface area contributed by atoms with Crippen molar-refractivity contribution in [2.75, 3.05) is 33.2 Å². The van der Waals surface area contributed by atoms with Gasteiger partial charge in [-0.3, -0.25) is 0 Å². The number of benzene rings is 1.